The average Bonchev–Trinajstić information content (AvgIpc) is 2.91. The molecule has 27 heteroatoms. The van der Waals surface area contributed by atoms with Gasteiger partial charge < -0.3 is 9.47 Å². The van der Waals surface area contributed by atoms with Gasteiger partial charge >= 0.3 is 71.6 Å². The quantitative estimate of drug-likeness (QED) is 0.0821. The van der Waals surface area contributed by atoms with Gasteiger partial charge in [-0.25, -0.2) is 9.18 Å². The lowest BCUT2D eigenvalue weighted by Crippen LogP contribution is -2.77. The number of carbonyl (C=O) groups excluding carboxylic acids is 1. The monoisotopic (exact) mass is 764 g/mol. The largest absolute Gasteiger partial charge is 0.471 e. The number of carbonyl (C=O) groups is 1. The third-order valence-electron chi connectivity index (χ3n) is 5.61. The van der Waals surface area contributed by atoms with Gasteiger partial charge in [0.2, 0.25) is 0 Å². The number of hydrogen-bond acceptors (Lipinski definition) is 3. The standard InChI is InChI=1S/C21H8F24O3/c1-2-9(46)47-7-3-5-8(6-4-7)48-21(44,45)20(42,43)19(40,41)18(38,39)17(36,37)16(34,35)15(32,33)14(30,31)13(28,29)11(23,24)10(22)12(25,26)27/h2-6,10H,1H2. The minimum absolute atomic E-state index is 0.0475. The van der Waals surface area contributed by atoms with Crippen LogP contribution in [0.15, 0.2) is 36.9 Å². The van der Waals surface area contributed by atoms with Crippen molar-refractivity contribution in [3.8, 4) is 11.5 Å². The fourth-order valence-corrected chi connectivity index (χ4v) is 2.89. The molecule has 0 aliphatic rings. The number of benzene rings is 1. The SMILES string of the molecule is C=CC(=O)Oc1ccc(OC(F)(F)C(F)(F)C(F)(F)C(F)(F)C(F)(F)C(F)(F)C(F)(F)C(F)(F)C(F)(F)C(F)(F)C(F)C(F)(F)F)cc1. The van der Waals surface area contributed by atoms with Gasteiger partial charge in [0.15, 0.2) is 0 Å². The van der Waals surface area contributed by atoms with Crippen LogP contribution >= 0.6 is 0 Å². The van der Waals surface area contributed by atoms with Crippen LogP contribution in [0.25, 0.3) is 0 Å². The summed E-state index contributed by atoms with van der Waals surface area (Å²) < 4.78 is 332. The van der Waals surface area contributed by atoms with E-state index in [1.807, 2.05) is 0 Å². The normalized spacial score (nSPS) is 16.0. The minimum Gasteiger partial charge on any atom is -0.428 e. The molecule has 1 unspecified atom stereocenters. The summed E-state index contributed by atoms with van der Waals surface area (Å²) in [6, 6.07) is 0.476. The van der Waals surface area contributed by atoms with Gasteiger partial charge in [-0.2, -0.15) is 101 Å². The van der Waals surface area contributed by atoms with Gasteiger partial charge in [0.25, 0.3) is 6.17 Å². The molecule has 0 heterocycles. The summed E-state index contributed by atoms with van der Waals surface area (Å²) in [7, 11) is 0. The highest BCUT2D eigenvalue weighted by Gasteiger charge is 2.98. The van der Waals surface area contributed by atoms with Gasteiger partial charge in [-0.1, -0.05) is 6.58 Å². The van der Waals surface area contributed by atoms with Crippen molar-refractivity contribution in [1.82, 2.24) is 0 Å². The first-order valence-corrected chi connectivity index (χ1v) is 10.9. The van der Waals surface area contributed by atoms with E-state index in [0.29, 0.717) is 6.08 Å². The van der Waals surface area contributed by atoms with Crippen molar-refractivity contribution in [2.45, 2.75) is 71.8 Å². The Balaban J connectivity index is 3.71. The van der Waals surface area contributed by atoms with E-state index in [-0.39, 0.29) is 24.3 Å². The molecule has 0 aromatic heterocycles. The van der Waals surface area contributed by atoms with E-state index in [2.05, 4.69) is 16.1 Å². The molecule has 0 aliphatic heterocycles. The molecular formula is C21H8F24O3. The predicted molar refractivity (Wildman–Crippen MR) is 103 cm³/mol. The zero-order valence-corrected chi connectivity index (χ0v) is 21.5. The number of alkyl halides is 24. The predicted octanol–water partition coefficient (Wildman–Crippen LogP) is 9.37. The summed E-state index contributed by atoms with van der Waals surface area (Å²) >= 11 is 0. The molecule has 48 heavy (non-hydrogen) atoms. The molecule has 0 aliphatic carbocycles. The minimum atomic E-state index is -9.52. The summed E-state index contributed by atoms with van der Waals surface area (Å²) in [5, 5.41) is 0. The van der Waals surface area contributed by atoms with Crippen LogP contribution in [0.1, 0.15) is 0 Å². The second-order valence-electron chi connectivity index (χ2n) is 8.84. The van der Waals surface area contributed by atoms with Crippen molar-refractivity contribution in [1.29, 1.82) is 0 Å². The number of esters is 1. The molecule has 1 aromatic rings. The van der Waals surface area contributed by atoms with Gasteiger partial charge in [0.1, 0.15) is 11.5 Å². The molecule has 1 atom stereocenters. The fraction of sp³-hybridized carbons (Fsp3) is 0.571. The summed E-state index contributed by atoms with van der Waals surface area (Å²) in [5.74, 6) is -85.7. The van der Waals surface area contributed by atoms with Crippen molar-refractivity contribution < 1.29 is 120 Å². The van der Waals surface area contributed by atoms with E-state index in [4.69, 9.17) is 0 Å². The third-order valence-corrected chi connectivity index (χ3v) is 5.61. The molecule has 0 N–H and O–H groups in total. The molecule has 0 saturated carbocycles. The highest BCUT2D eigenvalue weighted by molar-refractivity contribution is 5.83. The van der Waals surface area contributed by atoms with Crippen LogP contribution in [0.3, 0.4) is 0 Å². The highest BCUT2D eigenvalue weighted by atomic mass is 19.4. The van der Waals surface area contributed by atoms with E-state index in [1.165, 1.54) is 0 Å². The van der Waals surface area contributed by atoms with Crippen LogP contribution in [-0.2, 0) is 4.79 Å². The first kappa shape index (κ1) is 42.6. The Kier molecular flexibility index (Phi) is 10.5. The van der Waals surface area contributed by atoms with Crippen LogP contribution in [0.4, 0.5) is 105 Å². The smallest absolute Gasteiger partial charge is 0.428 e. The van der Waals surface area contributed by atoms with Gasteiger partial charge in [-0.15, -0.1) is 0 Å². The van der Waals surface area contributed by atoms with Crippen molar-refractivity contribution in [2.24, 2.45) is 0 Å². The maximum Gasteiger partial charge on any atom is 0.471 e. The lowest BCUT2D eigenvalue weighted by atomic mass is 9.85. The van der Waals surface area contributed by atoms with E-state index in [9.17, 15) is 110 Å². The fourth-order valence-electron chi connectivity index (χ4n) is 2.89. The molecule has 0 fully saturated rings. The number of halogens is 24. The number of ether oxygens (including phenoxy) is 2. The van der Waals surface area contributed by atoms with Gasteiger partial charge in [-0.3, -0.25) is 0 Å². The van der Waals surface area contributed by atoms with Crippen molar-refractivity contribution >= 4 is 5.97 Å². The van der Waals surface area contributed by atoms with Crippen molar-refractivity contribution in [3.63, 3.8) is 0 Å². The molecule has 0 spiro atoms. The summed E-state index contributed by atoms with van der Waals surface area (Å²) in [6.07, 6.45) is -21.1. The molecule has 1 aromatic carbocycles. The van der Waals surface area contributed by atoms with Crippen LogP contribution < -0.4 is 9.47 Å². The summed E-state index contributed by atoms with van der Waals surface area (Å²) in [5.41, 5.74) is 0. The first-order chi connectivity index (χ1) is 20.8. The van der Waals surface area contributed by atoms with E-state index in [0.717, 1.165) is 0 Å². The Labute approximate surface area is 247 Å². The molecule has 0 amide bonds. The average molecular weight is 764 g/mol. The Hall–Kier alpha value is -3.45. The first-order valence-electron chi connectivity index (χ1n) is 10.9. The molecular weight excluding hydrogens is 756 g/mol. The molecule has 0 saturated heterocycles. The van der Waals surface area contributed by atoms with Gasteiger partial charge in [-0.05, 0) is 24.3 Å². The van der Waals surface area contributed by atoms with Crippen molar-refractivity contribution in [2.75, 3.05) is 0 Å². The second kappa shape index (κ2) is 11.9. The highest BCUT2D eigenvalue weighted by Crippen LogP contribution is 2.66. The van der Waals surface area contributed by atoms with Crippen molar-refractivity contribution in [3.05, 3.63) is 36.9 Å². The van der Waals surface area contributed by atoms with Crippen LogP contribution in [0.2, 0.25) is 0 Å². The molecule has 0 bridgehead atoms. The summed E-state index contributed by atoms with van der Waals surface area (Å²) in [6.45, 7) is 2.88. The molecule has 278 valence electrons. The Bertz CT molecular complexity index is 1330. The second-order valence-corrected chi connectivity index (χ2v) is 8.84. The van der Waals surface area contributed by atoms with E-state index in [1.54, 1.807) is 0 Å². The zero-order valence-electron chi connectivity index (χ0n) is 21.5. The topological polar surface area (TPSA) is 35.5 Å². The zero-order chi connectivity index (χ0) is 38.8. The molecule has 0 radical (unpaired) electrons. The maximum atomic E-state index is 14.0. The van der Waals surface area contributed by atoms with Crippen LogP contribution in [-0.4, -0.2) is 77.7 Å². The van der Waals surface area contributed by atoms with Gasteiger partial charge in [0, 0.05) is 6.08 Å². The van der Waals surface area contributed by atoms with E-state index >= 15 is 0 Å². The lowest BCUT2D eigenvalue weighted by Gasteiger charge is -2.45. The number of hydrogen-bond donors (Lipinski definition) is 0. The van der Waals surface area contributed by atoms with E-state index < -0.39 is 89.2 Å². The van der Waals surface area contributed by atoms with Crippen LogP contribution in [0, 0.1) is 0 Å². The number of rotatable bonds is 14. The summed E-state index contributed by atoms with van der Waals surface area (Å²) in [4.78, 5) is 11.0. The van der Waals surface area contributed by atoms with Crippen LogP contribution in [0.5, 0.6) is 11.5 Å². The molecule has 1 rings (SSSR count). The maximum absolute atomic E-state index is 14.0. The molecule has 3 nitrogen and oxygen atoms in total. The lowest BCUT2D eigenvalue weighted by molar-refractivity contribution is -0.479. The Morgan fingerprint density at radius 3 is 1.12 bits per heavy atom. The Morgan fingerprint density at radius 2 is 0.812 bits per heavy atom. The third kappa shape index (κ3) is 6.01. The van der Waals surface area contributed by atoms with Gasteiger partial charge in [0.05, 0.1) is 0 Å². The Morgan fingerprint density at radius 1 is 0.521 bits per heavy atom.